The Hall–Kier alpha value is -1.31. The van der Waals surface area contributed by atoms with Crippen LogP contribution >= 0.6 is 0 Å². The van der Waals surface area contributed by atoms with Gasteiger partial charge in [-0.1, -0.05) is 13.2 Å². The molecule has 58 valence electrons. The molecule has 1 rings (SSSR count). The first kappa shape index (κ1) is 7.79. The van der Waals surface area contributed by atoms with Gasteiger partial charge in [0.1, 0.15) is 5.82 Å². The van der Waals surface area contributed by atoms with Crippen LogP contribution in [0.25, 0.3) is 12.2 Å². The minimum absolute atomic E-state index is 0.903. The van der Waals surface area contributed by atoms with Crippen LogP contribution in [-0.2, 0) is 7.05 Å². The van der Waals surface area contributed by atoms with Crippen LogP contribution in [0.15, 0.2) is 13.2 Å². The van der Waals surface area contributed by atoms with Gasteiger partial charge in [0.05, 0.1) is 11.4 Å². The van der Waals surface area contributed by atoms with Crippen molar-refractivity contribution in [2.24, 2.45) is 7.05 Å². The summed E-state index contributed by atoms with van der Waals surface area (Å²) in [5, 5.41) is 0. The van der Waals surface area contributed by atoms with E-state index in [4.69, 9.17) is 0 Å². The zero-order valence-electron chi connectivity index (χ0n) is 6.96. The molecule has 0 spiro atoms. The van der Waals surface area contributed by atoms with E-state index in [2.05, 4.69) is 18.1 Å². The molecule has 11 heavy (non-hydrogen) atoms. The van der Waals surface area contributed by atoms with E-state index < -0.39 is 0 Å². The lowest BCUT2D eigenvalue weighted by atomic mass is 10.3. The predicted octanol–water partition coefficient (Wildman–Crippen LogP) is 2.01. The van der Waals surface area contributed by atoms with Gasteiger partial charge in [0.2, 0.25) is 0 Å². The van der Waals surface area contributed by atoms with Gasteiger partial charge in [-0.15, -0.1) is 0 Å². The molecule has 1 heterocycles. The van der Waals surface area contributed by atoms with Gasteiger partial charge in [-0.25, -0.2) is 4.98 Å². The van der Waals surface area contributed by atoms with Crippen LogP contribution in [0.1, 0.15) is 17.2 Å². The summed E-state index contributed by atoms with van der Waals surface area (Å²) in [5.74, 6) is 0.981. The standard InChI is InChI=1S/C9H12N2/c1-5-8-9(6-2)11(4)7(3)10-8/h5-6H,1-2H2,3-4H3. The first-order chi connectivity index (χ1) is 5.20. The van der Waals surface area contributed by atoms with Crippen molar-refractivity contribution in [1.82, 2.24) is 9.55 Å². The molecule has 0 amide bonds. The molecule has 0 saturated carbocycles. The second kappa shape index (κ2) is 2.74. The molecule has 0 aromatic carbocycles. The third kappa shape index (κ3) is 1.11. The highest BCUT2D eigenvalue weighted by Crippen LogP contribution is 2.11. The molecule has 0 fully saturated rings. The van der Waals surface area contributed by atoms with Crippen LogP contribution in [-0.4, -0.2) is 9.55 Å². The van der Waals surface area contributed by atoms with Crippen LogP contribution < -0.4 is 0 Å². The van der Waals surface area contributed by atoms with Gasteiger partial charge in [-0.3, -0.25) is 0 Å². The third-order valence-corrected chi connectivity index (χ3v) is 1.78. The SMILES string of the molecule is C=Cc1nc(C)n(C)c1C=C. The zero-order valence-corrected chi connectivity index (χ0v) is 6.96. The van der Waals surface area contributed by atoms with Crippen molar-refractivity contribution in [2.45, 2.75) is 6.92 Å². The summed E-state index contributed by atoms with van der Waals surface area (Å²) in [7, 11) is 1.96. The summed E-state index contributed by atoms with van der Waals surface area (Å²) in [4.78, 5) is 4.27. The molecular formula is C9H12N2. The Kier molecular flexibility index (Phi) is 1.94. The van der Waals surface area contributed by atoms with Gasteiger partial charge in [0, 0.05) is 7.05 Å². The summed E-state index contributed by atoms with van der Waals surface area (Å²) in [5.41, 5.74) is 1.93. The Labute approximate surface area is 66.9 Å². The topological polar surface area (TPSA) is 17.8 Å². The van der Waals surface area contributed by atoms with E-state index in [0.717, 1.165) is 17.2 Å². The summed E-state index contributed by atoms with van der Waals surface area (Å²) in [6.07, 6.45) is 3.53. The second-order valence-electron chi connectivity index (χ2n) is 2.40. The van der Waals surface area contributed by atoms with Gasteiger partial charge in [0.15, 0.2) is 0 Å². The Bertz CT molecular complexity index is 295. The largest absolute Gasteiger partial charge is 0.331 e. The van der Waals surface area contributed by atoms with Crippen LogP contribution in [0.3, 0.4) is 0 Å². The average molecular weight is 148 g/mol. The fourth-order valence-electron chi connectivity index (χ4n) is 1.04. The van der Waals surface area contributed by atoms with E-state index in [1.165, 1.54) is 0 Å². The quantitative estimate of drug-likeness (QED) is 0.627. The Balaban J connectivity index is 3.37. The highest BCUT2D eigenvalue weighted by Gasteiger charge is 2.04. The molecule has 0 aliphatic rings. The number of nitrogens with zero attached hydrogens (tertiary/aromatic N) is 2. The second-order valence-corrected chi connectivity index (χ2v) is 2.40. The van der Waals surface area contributed by atoms with E-state index >= 15 is 0 Å². The zero-order chi connectivity index (χ0) is 8.43. The van der Waals surface area contributed by atoms with Gasteiger partial charge in [0.25, 0.3) is 0 Å². The van der Waals surface area contributed by atoms with Gasteiger partial charge in [-0.2, -0.15) is 0 Å². The molecule has 0 radical (unpaired) electrons. The van der Waals surface area contributed by atoms with Crippen LogP contribution in [0.2, 0.25) is 0 Å². The summed E-state index contributed by atoms with van der Waals surface area (Å²) >= 11 is 0. The lowest BCUT2D eigenvalue weighted by molar-refractivity contribution is 0.849. The summed E-state index contributed by atoms with van der Waals surface area (Å²) < 4.78 is 1.99. The van der Waals surface area contributed by atoms with Crippen molar-refractivity contribution in [1.29, 1.82) is 0 Å². The highest BCUT2D eigenvalue weighted by molar-refractivity contribution is 5.58. The van der Waals surface area contributed by atoms with Crippen molar-refractivity contribution in [3.05, 3.63) is 30.4 Å². The first-order valence-corrected chi connectivity index (χ1v) is 3.49. The Morgan fingerprint density at radius 3 is 2.36 bits per heavy atom. The van der Waals surface area contributed by atoms with Crippen LogP contribution in [0, 0.1) is 6.92 Å². The smallest absolute Gasteiger partial charge is 0.106 e. The number of hydrogen-bond donors (Lipinski definition) is 0. The fourth-order valence-corrected chi connectivity index (χ4v) is 1.04. The third-order valence-electron chi connectivity index (χ3n) is 1.78. The van der Waals surface area contributed by atoms with E-state index in [-0.39, 0.29) is 0 Å². The molecule has 0 N–H and O–H groups in total. The van der Waals surface area contributed by atoms with Crippen molar-refractivity contribution < 1.29 is 0 Å². The van der Waals surface area contributed by atoms with Gasteiger partial charge in [-0.05, 0) is 19.1 Å². The van der Waals surface area contributed by atoms with Crippen molar-refractivity contribution in [3.8, 4) is 0 Å². The Morgan fingerprint density at radius 2 is 2.00 bits per heavy atom. The highest BCUT2D eigenvalue weighted by atomic mass is 15.1. The van der Waals surface area contributed by atoms with E-state index in [9.17, 15) is 0 Å². The maximum atomic E-state index is 4.27. The molecule has 0 bridgehead atoms. The molecule has 0 aliphatic carbocycles. The van der Waals surface area contributed by atoms with Gasteiger partial charge < -0.3 is 4.57 Å². The molecule has 1 aromatic rings. The Morgan fingerprint density at radius 1 is 1.36 bits per heavy atom. The van der Waals surface area contributed by atoms with E-state index in [1.54, 1.807) is 12.2 Å². The van der Waals surface area contributed by atoms with E-state index in [1.807, 2.05) is 18.5 Å². The number of rotatable bonds is 2. The number of hydrogen-bond acceptors (Lipinski definition) is 1. The molecule has 2 heteroatoms. The molecular weight excluding hydrogens is 136 g/mol. The molecule has 2 nitrogen and oxygen atoms in total. The van der Waals surface area contributed by atoms with E-state index in [0.29, 0.717) is 0 Å². The molecule has 0 unspecified atom stereocenters. The van der Waals surface area contributed by atoms with Crippen LogP contribution in [0.5, 0.6) is 0 Å². The minimum atomic E-state index is 0.903. The lowest BCUT2D eigenvalue weighted by Crippen LogP contribution is -1.93. The first-order valence-electron chi connectivity index (χ1n) is 3.49. The summed E-state index contributed by atoms with van der Waals surface area (Å²) in [6, 6.07) is 0. The maximum absolute atomic E-state index is 4.27. The van der Waals surface area contributed by atoms with Crippen molar-refractivity contribution >= 4 is 12.2 Å². The molecule has 1 aromatic heterocycles. The summed E-state index contributed by atoms with van der Waals surface area (Å²) in [6.45, 7) is 9.33. The van der Waals surface area contributed by atoms with Gasteiger partial charge >= 0.3 is 0 Å². The number of imidazole rings is 1. The molecule has 0 aliphatic heterocycles. The normalized spacial score (nSPS) is 9.64. The average Bonchev–Trinajstić information content (AvgIpc) is 2.28. The predicted molar refractivity (Wildman–Crippen MR) is 48.1 cm³/mol. The monoisotopic (exact) mass is 148 g/mol. The number of aromatic nitrogens is 2. The van der Waals surface area contributed by atoms with Crippen molar-refractivity contribution in [2.75, 3.05) is 0 Å². The maximum Gasteiger partial charge on any atom is 0.106 e. The number of aryl methyl sites for hydroxylation is 1. The van der Waals surface area contributed by atoms with Crippen LogP contribution in [0.4, 0.5) is 0 Å². The lowest BCUT2D eigenvalue weighted by Gasteiger charge is -1.96. The minimum Gasteiger partial charge on any atom is -0.331 e. The molecule has 0 saturated heterocycles. The molecule has 0 atom stereocenters. The van der Waals surface area contributed by atoms with Crippen molar-refractivity contribution in [3.63, 3.8) is 0 Å². The fraction of sp³-hybridized carbons (Fsp3) is 0.222.